The van der Waals surface area contributed by atoms with Crippen LogP contribution in [0.25, 0.3) is 0 Å². The fourth-order valence-corrected chi connectivity index (χ4v) is 2.29. The predicted octanol–water partition coefficient (Wildman–Crippen LogP) is 2.11. The van der Waals surface area contributed by atoms with Crippen molar-refractivity contribution in [3.05, 3.63) is 0 Å². The molecule has 1 heterocycles. The Hall–Kier alpha value is -0.570. The second kappa shape index (κ2) is 5.35. The number of nitrogens with zero attached hydrogens (tertiary/aromatic N) is 1. The molecule has 82 valence electrons. The van der Waals surface area contributed by atoms with Gasteiger partial charge in [0.2, 0.25) is 0 Å². The van der Waals surface area contributed by atoms with Crippen molar-refractivity contribution in [1.82, 2.24) is 4.90 Å². The molecule has 0 unspecified atom stereocenters. The molecular weight excluding hydrogens is 178 g/mol. The highest BCUT2D eigenvalue weighted by molar-refractivity contribution is 5.73. The van der Waals surface area contributed by atoms with Gasteiger partial charge in [-0.1, -0.05) is 19.8 Å². The van der Waals surface area contributed by atoms with Crippen LogP contribution in [0.4, 0.5) is 0 Å². The first-order valence-corrected chi connectivity index (χ1v) is 5.65. The zero-order valence-electron chi connectivity index (χ0n) is 9.20. The topological polar surface area (TPSA) is 40.5 Å². The Bertz CT molecular complexity index is 194. The zero-order chi connectivity index (χ0) is 10.6. The Morgan fingerprint density at radius 2 is 2.29 bits per heavy atom. The quantitative estimate of drug-likeness (QED) is 0.754. The van der Waals surface area contributed by atoms with Gasteiger partial charge in [0.1, 0.15) is 6.04 Å². The Labute approximate surface area is 86.1 Å². The highest BCUT2D eigenvalue weighted by atomic mass is 16.4. The van der Waals surface area contributed by atoms with Gasteiger partial charge in [-0.25, -0.2) is 0 Å². The molecule has 1 saturated heterocycles. The molecule has 3 heteroatoms. The molecule has 0 spiro atoms. The molecule has 1 fully saturated rings. The second-order valence-corrected chi connectivity index (χ2v) is 4.23. The third-order valence-corrected chi connectivity index (χ3v) is 3.10. The summed E-state index contributed by atoms with van der Waals surface area (Å²) in [5.41, 5.74) is 0. The molecule has 14 heavy (non-hydrogen) atoms. The first-order valence-electron chi connectivity index (χ1n) is 5.65. The van der Waals surface area contributed by atoms with E-state index >= 15 is 0 Å². The molecule has 0 aliphatic carbocycles. The van der Waals surface area contributed by atoms with Gasteiger partial charge in [-0.15, -0.1) is 0 Å². The smallest absolute Gasteiger partial charge is 0.320 e. The van der Waals surface area contributed by atoms with Crippen molar-refractivity contribution >= 4 is 5.97 Å². The summed E-state index contributed by atoms with van der Waals surface area (Å²) in [6, 6.07) is 0.187. The van der Waals surface area contributed by atoms with Crippen molar-refractivity contribution in [2.24, 2.45) is 0 Å². The Balaban J connectivity index is 2.60. The number of carboxylic acids is 1. The molecule has 0 saturated carbocycles. The average molecular weight is 199 g/mol. The minimum absolute atomic E-state index is 0.254. The third-order valence-electron chi connectivity index (χ3n) is 3.10. The van der Waals surface area contributed by atoms with Crippen LogP contribution in [0.2, 0.25) is 0 Å². The summed E-state index contributed by atoms with van der Waals surface area (Å²) in [7, 11) is 0. The maximum atomic E-state index is 11.1. The SMILES string of the molecule is CCC[C@@H](C(=O)O)N1CCCC[C@@H]1C. The van der Waals surface area contributed by atoms with Crippen LogP contribution in [0.3, 0.4) is 0 Å². The first-order chi connectivity index (χ1) is 6.66. The number of piperidine rings is 1. The molecule has 0 bridgehead atoms. The van der Waals surface area contributed by atoms with Crippen LogP contribution in [0.15, 0.2) is 0 Å². The number of aliphatic carboxylic acids is 1. The summed E-state index contributed by atoms with van der Waals surface area (Å²) in [6.07, 6.45) is 5.27. The van der Waals surface area contributed by atoms with Crippen LogP contribution in [0.1, 0.15) is 46.0 Å². The zero-order valence-corrected chi connectivity index (χ0v) is 9.20. The normalized spacial score (nSPS) is 26.0. The summed E-state index contributed by atoms with van der Waals surface area (Å²) < 4.78 is 0. The molecule has 0 amide bonds. The monoisotopic (exact) mass is 199 g/mol. The molecule has 1 N–H and O–H groups in total. The highest BCUT2D eigenvalue weighted by Crippen LogP contribution is 2.21. The largest absolute Gasteiger partial charge is 0.480 e. The second-order valence-electron chi connectivity index (χ2n) is 4.23. The minimum atomic E-state index is -0.652. The molecular formula is C11H21NO2. The number of carboxylic acid groups (broad SMARTS) is 1. The summed E-state index contributed by atoms with van der Waals surface area (Å²) in [6.45, 7) is 5.15. The summed E-state index contributed by atoms with van der Waals surface area (Å²) >= 11 is 0. The van der Waals surface area contributed by atoms with Gasteiger partial charge in [0.25, 0.3) is 0 Å². The highest BCUT2D eigenvalue weighted by Gasteiger charge is 2.29. The van der Waals surface area contributed by atoms with Crippen LogP contribution in [-0.2, 0) is 4.79 Å². The van der Waals surface area contributed by atoms with Crippen LogP contribution in [0, 0.1) is 0 Å². The molecule has 0 aromatic heterocycles. The molecule has 3 nitrogen and oxygen atoms in total. The Morgan fingerprint density at radius 3 is 2.79 bits per heavy atom. The van der Waals surface area contributed by atoms with Gasteiger partial charge < -0.3 is 5.11 Å². The van der Waals surface area contributed by atoms with Gasteiger partial charge in [-0.3, -0.25) is 9.69 Å². The van der Waals surface area contributed by atoms with E-state index < -0.39 is 5.97 Å². The van der Waals surface area contributed by atoms with Crippen molar-refractivity contribution in [3.63, 3.8) is 0 Å². The molecule has 1 aliphatic rings. The number of rotatable bonds is 4. The van der Waals surface area contributed by atoms with Gasteiger partial charge in [-0.2, -0.15) is 0 Å². The minimum Gasteiger partial charge on any atom is -0.480 e. The van der Waals surface area contributed by atoms with Crippen molar-refractivity contribution < 1.29 is 9.90 Å². The molecule has 2 atom stereocenters. The maximum Gasteiger partial charge on any atom is 0.320 e. The van der Waals surface area contributed by atoms with Crippen molar-refractivity contribution in [2.45, 2.75) is 58.0 Å². The Morgan fingerprint density at radius 1 is 1.57 bits per heavy atom. The number of hydrogen-bond donors (Lipinski definition) is 1. The first kappa shape index (κ1) is 11.5. The van der Waals surface area contributed by atoms with Crippen LogP contribution in [-0.4, -0.2) is 34.6 Å². The van der Waals surface area contributed by atoms with Crippen molar-refractivity contribution in [1.29, 1.82) is 0 Å². The van der Waals surface area contributed by atoms with Gasteiger partial charge in [0.15, 0.2) is 0 Å². The maximum absolute atomic E-state index is 11.1. The molecule has 1 aliphatic heterocycles. The van der Waals surface area contributed by atoms with Crippen molar-refractivity contribution in [3.8, 4) is 0 Å². The van der Waals surface area contributed by atoms with Crippen LogP contribution >= 0.6 is 0 Å². The molecule has 0 radical (unpaired) electrons. The van der Waals surface area contributed by atoms with Gasteiger partial charge in [0.05, 0.1) is 0 Å². The van der Waals surface area contributed by atoms with E-state index in [2.05, 4.69) is 11.8 Å². The number of carbonyl (C=O) groups is 1. The van der Waals surface area contributed by atoms with Crippen molar-refractivity contribution in [2.75, 3.05) is 6.54 Å². The summed E-state index contributed by atoms with van der Waals surface area (Å²) in [5.74, 6) is -0.652. The fourth-order valence-electron chi connectivity index (χ4n) is 2.29. The molecule has 0 aromatic carbocycles. The van der Waals surface area contributed by atoms with E-state index in [1.807, 2.05) is 6.92 Å². The predicted molar refractivity (Wildman–Crippen MR) is 56.4 cm³/mol. The number of likely N-dealkylation sites (tertiary alicyclic amines) is 1. The summed E-state index contributed by atoms with van der Waals surface area (Å²) in [4.78, 5) is 13.3. The third kappa shape index (κ3) is 2.71. The van der Waals surface area contributed by atoms with E-state index in [4.69, 9.17) is 5.11 Å². The van der Waals surface area contributed by atoms with E-state index in [1.54, 1.807) is 0 Å². The van der Waals surface area contributed by atoms with E-state index in [0.717, 1.165) is 32.2 Å². The lowest BCUT2D eigenvalue weighted by molar-refractivity contribution is -0.145. The lowest BCUT2D eigenvalue weighted by Crippen LogP contribution is -2.48. The van der Waals surface area contributed by atoms with Gasteiger partial charge >= 0.3 is 5.97 Å². The van der Waals surface area contributed by atoms with E-state index in [-0.39, 0.29) is 6.04 Å². The molecule has 1 rings (SSSR count). The van der Waals surface area contributed by atoms with Crippen LogP contribution < -0.4 is 0 Å². The standard InChI is InChI=1S/C11H21NO2/c1-3-6-10(11(13)14)12-8-5-4-7-9(12)2/h9-10H,3-8H2,1-2H3,(H,13,14)/t9-,10-/m0/s1. The lowest BCUT2D eigenvalue weighted by atomic mass is 9.99. The van der Waals surface area contributed by atoms with E-state index in [9.17, 15) is 4.79 Å². The van der Waals surface area contributed by atoms with Crippen LogP contribution in [0.5, 0.6) is 0 Å². The average Bonchev–Trinajstić information content (AvgIpc) is 2.15. The number of hydrogen-bond acceptors (Lipinski definition) is 2. The van der Waals surface area contributed by atoms with Gasteiger partial charge in [0, 0.05) is 6.04 Å². The Kier molecular flexibility index (Phi) is 4.39. The summed E-state index contributed by atoms with van der Waals surface area (Å²) in [5, 5.41) is 9.13. The van der Waals surface area contributed by atoms with E-state index in [0.29, 0.717) is 6.04 Å². The fraction of sp³-hybridized carbons (Fsp3) is 0.909. The molecule has 0 aromatic rings. The van der Waals surface area contributed by atoms with Gasteiger partial charge in [-0.05, 0) is 32.7 Å². The lowest BCUT2D eigenvalue weighted by Gasteiger charge is -2.37. The van der Waals surface area contributed by atoms with E-state index in [1.165, 1.54) is 6.42 Å².